The fraction of sp³-hybridized carbons (Fsp3) is 0.941. The summed E-state index contributed by atoms with van der Waals surface area (Å²) in [6.07, 6.45) is 3.53. The fourth-order valence-corrected chi connectivity index (χ4v) is 3.08. The molecule has 0 amide bonds. The third-order valence-electron chi connectivity index (χ3n) is 4.25. The van der Waals surface area contributed by atoms with Crippen LogP contribution >= 0.6 is 0 Å². The number of carbonyl (C=O) groups excluding carboxylic acids is 1. The van der Waals surface area contributed by atoms with E-state index in [2.05, 4.69) is 6.92 Å². The Balaban J connectivity index is 4.63. The van der Waals surface area contributed by atoms with Gasteiger partial charge in [0.25, 0.3) is 0 Å². The first-order chi connectivity index (χ1) is 9.52. The van der Waals surface area contributed by atoms with Crippen molar-refractivity contribution in [3.05, 3.63) is 0 Å². The highest BCUT2D eigenvalue weighted by Gasteiger charge is 2.52. The highest BCUT2D eigenvalue weighted by molar-refractivity contribution is 5.69. The first-order valence-corrected chi connectivity index (χ1v) is 8.00. The van der Waals surface area contributed by atoms with E-state index < -0.39 is 5.60 Å². The summed E-state index contributed by atoms with van der Waals surface area (Å²) in [5.74, 6) is -0.168. The summed E-state index contributed by atoms with van der Waals surface area (Å²) in [5.41, 5.74) is -1.19. The maximum absolute atomic E-state index is 11.7. The van der Waals surface area contributed by atoms with Crippen molar-refractivity contribution in [2.75, 3.05) is 6.61 Å². The van der Waals surface area contributed by atoms with Crippen LogP contribution in [-0.4, -0.2) is 23.4 Å². The molecule has 21 heavy (non-hydrogen) atoms. The lowest BCUT2D eigenvalue weighted by atomic mass is 9.60. The van der Waals surface area contributed by atoms with Crippen molar-refractivity contribution < 1.29 is 19.7 Å². The van der Waals surface area contributed by atoms with Gasteiger partial charge in [-0.1, -0.05) is 54.9 Å². The molecule has 0 aliphatic rings. The molecule has 1 N–H and O–H groups in total. The fourth-order valence-electron chi connectivity index (χ4n) is 3.08. The lowest BCUT2D eigenvalue weighted by Gasteiger charge is -2.50. The normalized spacial score (nSPS) is 13.3. The van der Waals surface area contributed by atoms with Crippen LogP contribution in [0.25, 0.3) is 0 Å². The standard InChI is InChI=1S/C17H34O4/c1-8-9-13-20-14(18)11-10-12-17(21-19,15(2,3)4)16(5,6)7/h19H,8-13H2,1-7H3. The lowest BCUT2D eigenvalue weighted by molar-refractivity contribution is -0.379. The summed E-state index contributed by atoms with van der Waals surface area (Å²) in [6, 6.07) is 0. The molecule has 126 valence electrons. The molecule has 4 heteroatoms. The minimum Gasteiger partial charge on any atom is -0.466 e. The third kappa shape index (κ3) is 5.59. The molecule has 0 unspecified atom stereocenters. The molecule has 0 radical (unpaired) electrons. The van der Waals surface area contributed by atoms with Crippen molar-refractivity contribution in [2.45, 2.75) is 86.2 Å². The Morgan fingerprint density at radius 1 is 1.00 bits per heavy atom. The Kier molecular flexibility index (Phi) is 7.90. The average Bonchev–Trinajstić information content (AvgIpc) is 2.31. The second-order valence-corrected chi connectivity index (χ2v) is 7.85. The highest BCUT2D eigenvalue weighted by atomic mass is 17.1. The van der Waals surface area contributed by atoms with Crippen LogP contribution in [0.2, 0.25) is 0 Å². The Morgan fingerprint density at radius 2 is 1.52 bits per heavy atom. The number of carbonyl (C=O) groups is 1. The lowest BCUT2D eigenvalue weighted by Crippen LogP contribution is -2.54. The Morgan fingerprint density at radius 3 is 1.90 bits per heavy atom. The zero-order valence-electron chi connectivity index (χ0n) is 14.9. The summed E-state index contributed by atoms with van der Waals surface area (Å²) < 4.78 is 5.16. The molecular formula is C17H34O4. The smallest absolute Gasteiger partial charge is 0.305 e. The molecule has 0 atom stereocenters. The molecular weight excluding hydrogens is 268 g/mol. The minimum atomic E-state index is -0.705. The third-order valence-corrected chi connectivity index (χ3v) is 4.25. The van der Waals surface area contributed by atoms with Crippen molar-refractivity contribution in [2.24, 2.45) is 10.8 Å². The molecule has 0 rings (SSSR count). The quantitative estimate of drug-likeness (QED) is 0.302. The number of hydrogen-bond donors (Lipinski definition) is 1. The van der Waals surface area contributed by atoms with Gasteiger partial charge in [-0.05, 0) is 30.1 Å². The van der Waals surface area contributed by atoms with E-state index in [0.717, 1.165) is 12.8 Å². The number of rotatable bonds is 8. The van der Waals surface area contributed by atoms with Crippen LogP contribution in [0, 0.1) is 10.8 Å². The summed E-state index contributed by atoms with van der Waals surface area (Å²) in [4.78, 5) is 16.7. The topological polar surface area (TPSA) is 55.8 Å². The maximum Gasteiger partial charge on any atom is 0.305 e. The largest absolute Gasteiger partial charge is 0.466 e. The van der Waals surface area contributed by atoms with Crippen LogP contribution < -0.4 is 0 Å². The van der Waals surface area contributed by atoms with Gasteiger partial charge >= 0.3 is 5.97 Å². The molecule has 0 heterocycles. The van der Waals surface area contributed by atoms with Crippen LogP contribution in [0.3, 0.4) is 0 Å². The molecule has 0 saturated heterocycles. The van der Waals surface area contributed by atoms with Gasteiger partial charge in [0.1, 0.15) is 5.60 Å². The maximum atomic E-state index is 11.7. The van der Waals surface area contributed by atoms with Gasteiger partial charge in [0.15, 0.2) is 0 Å². The van der Waals surface area contributed by atoms with Gasteiger partial charge in [-0.3, -0.25) is 10.1 Å². The molecule has 0 aliphatic carbocycles. The van der Waals surface area contributed by atoms with Crippen LogP contribution in [-0.2, 0) is 14.4 Å². The Labute approximate surface area is 130 Å². The Bertz CT molecular complexity index is 296. The summed E-state index contributed by atoms with van der Waals surface area (Å²) in [5, 5.41) is 9.57. The second-order valence-electron chi connectivity index (χ2n) is 7.85. The number of esters is 1. The van der Waals surface area contributed by atoms with E-state index in [4.69, 9.17) is 9.62 Å². The van der Waals surface area contributed by atoms with E-state index >= 15 is 0 Å². The molecule has 0 aromatic heterocycles. The van der Waals surface area contributed by atoms with Gasteiger partial charge in [0.2, 0.25) is 0 Å². The van der Waals surface area contributed by atoms with E-state index in [1.165, 1.54) is 0 Å². The van der Waals surface area contributed by atoms with Crippen LogP contribution in [0.4, 0.5) is 0 Å². The second kappa shape index (κ2) is 8.14. The van der Waals surface area contributed by atoms with Crippen LogP contribution in [0.1, 0.15) is 80.6 Å². The van der Waals surface area contributed by atoms with Crippen LogP contribution in [0.15, 0.2) is 0 Å². The van der Waals surface area contributed by atoms with E-state index in [1.807, 2.05) is 41.5 Å². The molecule has 0 fully saturated rings. The molecule has 0 bridgehead atoms. The molecule has 0 saturated carbocycles. The van der Waals surface area contributed by atoms with Crippen molar-refractivity contribution in [1.82, 2.24) is 0 Å². The molecule has 0 spiro atoms. The van der Waals surface area contributed by atoms with Crippen LogP contribution in [0.5, 0.6) is 0 Å². The van der Waals surface area contributed by atoms with Gasteiger partial charge in [-0.2, -0.15) is 0 Å². The minimum absolute atomic E-state index is 0.168. The van der Waals surface area contributed by atoms with E-state index in [-0.39, 0.29) is 16.8 Å². The molecule has 0 aliphatic heterocycles. The SMILES string of the molecule is CCCCOC(=O)CCCC(OO)(C(C)(C)C)C(C)(C)C. The number of ether oxygens (including phenoxy) is 1. The monoisotopic (exact) mass is 302 g/mol. The molecule has 4 nitrogen and oxygen atoms in total. The van der Waals surface area contributed by atoms with Gasteiger partial charge < -0.3 is 4.74 Å². The van der Waals surface area contributed by atoms with Crippen molar-refractivity contribution in [1.29, 1.82) is 0 Å². The number of hydrogen-bond acceptors (Lipinski definition) is 4. The Hall–Kier alpha value is -0.610. The highest BCUT2D eigenvalue weighted by Crippen LogP contribution is 2.49. The van der Waals surface area contributed by atoms with Gasteiger partial charge in [-0.15, -0.1) is 0 Å². The average molecular weight is 302 g/mol. The predicted molar refractivity (Wildman–Crippen MR) is 85.1 cm³/mol. The zero-order valence-corrected chi connectivity index (χ0v) is 14.9. The van der Waals surface area contributed by atoms with Crippen molar-refractivity contribution >= 4 is 5.97 Å². The number of unbranched alkanes of at least 4 members (excludes halogenated alkanes) is 1. The first-order valence-electron chi connectivity index (χ1n) is 8.00. The zero-order chi connectivity index (χ0) is 16.7. The molecule has 0 aromatic rings. The van der Waals surface area contributed by atoms with Gasteiger partial charge in [0, 0.05) is 6.42 Å². The van der Waals surface area contributed by atoms with Crippen molar-refractivity contribution in [3.63, 3.8) is 0 Å². The first kappa shape index (κ1) is 20.4. The van der Waals surface area contributed by atoms with Gasteiger partial charge in [0.05, 0.1) is 6.61 Å². The van der Waals surface area contributed by atoms with E-state index in [9.17, 15) is 10.1 Å². The summed E-state index contributed by atoms with van der Waals surface area (Å²) in [7, 11) is 0. The van der Waals surface area contributed by atoms with E-state index in [0.29, 0.717) is 25.9 Å². The summed E-state index contributed by atoms with van der Waals surface area (Å²) in [6.45, 7) is 14.9. The molecule has 0 aromatic carbocycles. The summed E-state index contributed by atoms with van der Waals surface area (Å²) >= 11 is 0. The van der Waals surface area contributed by atoms with Crippen molar-refractivity contribution in [3.8, 4) is 0 Å². The van der Waals surface area contributed by atoms with Gasteiger partial charge in [-0.25, -0.2) is 4.89 Å². The predicted octanol–water partition coefficient (Wildman–Crippen LogP) is 4.82. The van der Waals surface area contributed by atoms with E-state index in [1.54, 1.807) is 0 Å².